The van der Waals surface area contributed by atoms with E-state index in [1.807, 2.05) is 33.0 Å². The van der Waals surface area contributed by atoms with Crippen LogP contribution in [0.4, 0.5) is 0 Å². The van der Waals surface area contributed by atoms with Crippen LogP contribution >= 0.6 is 17.0 Å². The summed E-state index contributed by atoms with van der Waals surface area (Å²) in [7, 11) is 1.83. The number of aryl methyl sites for hydroxylation is 3. The Hall–Kier alpha value is -1.09. The van der Waals surface area contributed by atoms with E-state index < -0.39 is 0 Å². The third kappa shape index (κ3) is 1.80. The highest BCUT2D eigenvalue weighted by molar-refractivity contribution is 8.93. The third-order valence-corrected chi connectivity index (χ3v) is 3.11. The maximum Gasteiger partial charge on any atom is 0.253 e. The number of nitrogens with zero attached hydrogens (tertiary/aromatic N) is 1. The lowest BCUT2D eigenvalue weighted by Crippen LogP contribution is -2.20. The number of hydrogen-bond acceptors (Lipinski definition) is 1. The molecule has 2 aromatic rings. The zero-order chi connectivity index (χ0) is 11.2. The van der Waals surface area contributed by atoms with Gasteiger partial charge in [-0.15, -0.1) is 0 Å². The van der Waals surface area contributed by atoms with E-state index >= 15 is 0 Å². The lowest BCUT2D eigenvalue weighted by atomic mass is 10.0. The number of benzene rings is 1. The van der Waals surface area contributed by atoms with E-state index in [4.69, 9.17) is 0 Å². The molecule has 0 saturated heterocycles. The van der Waals surface area contributed by atoms with Gasteiger partial charge in [-0.1, -0.05) is 11.6 Å². The largest absolute Gasteiger partial charge is 0.311 e. The summed E-state index contributed by atoms with van der Waals surface area (Å²) in [5.41, 5.74) is 4.27. The average Bonchev–Trinajstić information content (AvgIpc) is 2.23. The molecule has 3 heteroatoms. The maximum atomic E-state index is 11.9. The van der Waals surface area contributed by atoms with Crippen molar-refractivity contribution in [2.24, 2.45) is 7.05 Å². The van der Waals surface area contributed by atoms with Gasteiger partial charge in [0.25, 0.3) is 5.56 Å². The van der Waals surface area contributed by atoms with Crippen molar-refractivity contribution in [3.63, 3.8) is 0 Å². The molecule has 0 N–H and O–H groups in total. The molecule has 1 aromatic heterocycles. The first kappa shape index (κ1) is 13.0. The summed E-state index contributed by atoms with van der Waals surface area (Å²) in [6.45, 7) is 5.97. The Morgan fingerprint density at radius 3 is 2.31 bits per heavy atom. The zero-order valence-corrected chi connectivity index (χ0v) is 11.6. The summed E-state index contributed by atoms with van der Waals surface area (Å²) in [5, 5.41) is 1.18. The standard InChI is InChI=1S/C13H15NO.Br/c1-8-5-6-12-11(7-8)9(2)10(3)13(15)14(12)4;/h5-7H,1-4H3;. The zero-order valence-electron chi connectivity index (χ0n) is 9.97. The van der Waals surface area contributed by atoms with Crippen LogP contribution in [0.5, 0.6) is 0 Å². The molecule has 0 aliphatic rings. The molecule has 0 aliphatic heterocycles. The van der Waals surface area contributed by atoms with E-state index in [9.17, 15) is 4.79 Å². The lowest BCUT2D eigenvalue weighted by Gasteiger charge is -2.10. The van der Waals surface area contributed by atoms with E-state index in [1.165, 1.54) is 10.9 Å². The van der Waals surface area contributed by atoms with Crippen LogP contribution in [0.1, 0.15) is 16.7 Å². The smallest absolute Gasteiger partial charge is 0.253 e. The Kier molecular flexibility index (Phi) is 3.58. The van der Waals surface area contributed by atoms with Crippen molar-refractivity contribution in [2.75, 3.05) is 0 Å². The van der Waals surface area contributed by atoms with Gasteiger partial charge in [0.15, 0.2) is 0 Å². The predicted octanol–water partition coefficient (Wildman–Crippen LogP) is 3.31. The fourth-order valence-electron chi connectivity index (χ4n) is 1.97. The van der Waals surface area contributed by atoms with Crippen molar-refractivity contribution in [1.29, 1.82) is 0 Å². The fourth-order valence-corrected chi connectivity index (χ4v) is 1.97. The first-order valence-corrected chi connectivity index (χ1v) is 5.09. The van der Waals surface area contributed by atoms with E-state index in [0.717, 1.165) is 16.6 Å². The number of rotatable bonds is 0. The Balaban J connectivity index is 0.00000128. The van der Waals surface area contributed by atoms with Gasteiger partial charge in [-0.05, 0) is 38.5 Å². The van der Waals surface area contributed by atoms with Crippen LogP contribution in [-0.2, 0) is 7.05 Å². The van der Waals surface area contributed by atoms with Gasteiger partial charge in [0, 0.05) is 35.0 Å². The molecular formula is C13H15BrNO. The molecule has 0 aliphatic carbocycles. The van der Waals surface area contributed by atoms with Gasteiger partial charge in [-0.25, -0.2) is 0 Å². The fraction of sp³-hybridized carbons (Fsp3) is 0.308. The maximum absolute atomic E-state index is 11.9. The van der Waals surface area contributed by atoms with Gasteiger partial charge in [0.2, 0.25) is 0 Å². The van der Waals surface area contributed by atoms with E-state index in [0.29, 0.717) is 0 Å². The van der Waals surface area contributed by atoms with Gasteiger partial charge in [-0.3, -0.25) is 4.79 Å². The van der Waals surface area contributed by atoms with Crippen molar-refractivity contribution in [1.82, 2.24) is 4.57 Å². The van der Waals surface area contributed by atoms with Crippen LogP contribution in [0.25, 0.3) is 10.9 Å². The van der Waals surface area contributed by atoms with Crippen molar-refractivity contribution in [2.45, 2.75) is 20.8 Å². The predicted molar refractivity (Wildman–Crippen MR) is 72.3 cm³/mol. The molecule has 1 radical (unpaired) electrons. The van der Waals surface area contributed by atoms with Crippen molar-refractivity contribution >= 4 is 27.9 Å². The van der Waals surface area contributed by atoms with E-state index in [1.54, 1.807) is 4.57 Å². The van der Waals surface area contributed by atoms with Crippen LogP contribution in [0, 0.1) is 20.8 Å². The minimum absolute atomic E-state index is 0. The molecule has 16 heavy (non-hydrogen) atoms. The van der Waals surface area contributed by atoms with Crippen LogP contribution in [-0.4, -0.2) is 4.57 Å². The minimum atomic E-state index is 0. The summed E-state index contributed by atoms with van der Waals surface area (Å²) in [6, 6.07) is 6.19. The highest BCUT2D eigenvalue weighted by atomic mass is 79.9. The molecule has 0 spiro atoms. The molecule has 0 amide bonds. The van der Waals surface area contributed by atoms with Gasteiger partial charge >= 0.3 is 0 Å². The Bertz CT molecular complexity index is 599. The minimum Gasteiger partial charge on any atom is -0.311 e. The Morgan fingerprint density at radius 1 is 1.06 bits per heavy atom. The first-order chi connectivity index (χ1) is 7.02. The summed E-state index contributed by atoms with van der Waals surface area (Å²) in [4.78, 5) is 11.9. The second-order valence-electron chi connectivity index (χ2n) is 4.13. The number of halogens is 1. The number of hydrogen-bond donors (Lipinski definition) is 0. The SMILES string of the molecule is Cc1ccc2c(c1)c(C)c(C)c(=O)n2C.[Br]. The molecule has 0 saturated carbocycles. The quantitative estimate of drug-likeness (QED) is 0.726. The molecule has 85 valence electrons. The number of aromatic nitrogens is 1. The molecular weight excluding hydrogens is 266 g/mol. The van der Waals surface area contributed by atoms with Crippen LogP contribution in [0.3, 0.4) is 0 Å². The molecule has 0 unspecified atom stereocenters. The van der Waals surface area contributed by atoms with Crippen molar-refractivity contribution < 1.29 is 0 Å². The van der Waals surface area contributed by atoms with Gasteiger partial charge in [0.1, 0.15) is 0 Å². The molecule has 2 rings (SSSR count). The van der Waals surface area contributed by atoms with E-state index in [-0.39, 0.29) is 22.5 Å². The normalized spacial score (nSPS) is 10.2. The van der Waals surface area contributed by atoms with E-state index in [2.05, 4.69) is 13.0 Å². The highest BCUT2D eigenvalue weighted by Crippen LogP contribution is 2.19. The van der Waals surface area contributed by atoms with Gasteiger partial charge in [-0.2, -0.15) is 0 Å². The molecule has 0 fully saturated rings. The van der Waals surface area contributed by atoms with Crippen LogP contribution < -0.4 is 5.56 Å². The summed E-state index contributed by atoms with van der Waals surface area (Å²) < 4.78 is 1.72. The summed E-state index contributed by atoms with van der Waals surface area (Å²) >= 11 is 0. The third-order valence-electron chi connectivity index (χ3n) is 3.11. The monoisotopic (exact) mass is 280 g/mol. The lowest BCUT2D eigenvalue weighted by molar-refractivity contribution is 0.888. The molecule has 1 heterocycles. The van der Waals surface area contributed by atoms with Crippen LogP contribution in [0.15, 0.2) is 23.0 Å². The summed E-state index contributed by atoms with van der Waals surface area (Å²) in [5.74, 6) is 0. The second-order valence-corrected chi connectivity index (χ2v) is 4.13. The van der Waals surface area contributed by atoms with Crippen molar-refractivity contribution in [3.05, 3.63) is 45.2 Å². The number of pyridine rings is 1. The topological polar surface area (TPSA) is 22.0 Å². The Morgan fingerprint density at radius 2 is 1.69 bits per heavy atom. The number of fused-ring (bicyclic) bond motifs is 1. The van der Waals surface area contributed by atoms with Gasteiger partial charge < -0.3 is 4.57 Å². The van der Waals surface area contributed by atoms with Gasteiger partial charge in [0.05, 0.1) is 5.52 Å². The second kappa shape index (κ2) is 4.42. The molecule has 0 bridgehead atoms. The highest BCUT2D eigenvalue weighted by Gasteiger charge is 2.07. The molecule has 0 atom stereocenters. The molecule has 2 nitrogen and oxygen atoms in total. The van der Waals surface area contributed by atoms with Crippen LogP contribution in [0.2, 0.25) is 0 Å². The first-order valence-electron chi connectivity index (χ1n) is 5.09. The summed E-state index contributed by atoms with van der Waals surface area (Å²) in [6.07, 6.45) is 0. The Labute approximate surface area is 106 Å². The molecule has 1 aromatic carbocycles. The van der Waals surface area contributed by atoms with Crippen molar-refractivity contribution in [3.8, 4) is 0 Å². The average molecular weight is 281 g/mol.